The number of primary amides is 1. The average Bonchev–Trinajstić information content (AvgIpc) is 3.09. The van der Waals surface area contributed by atoms with Crippen molar-refractivity contribution in [2.45, 2.75) is 19.8 Å². The predicted molar refractivity (Wildman–Crippen MR) is 106 cm³/mol. The Hall–Kier alpha value is -2.89. The van der Waals surface area contributed by atoms with Gasteiger partial charge in [-0.2, -0.15) is 0 Å². The fourth-order valence-corrected chi connectivity index (χ4v) is 3.31. The Kier molecular flexibility index (Phi) is 6.06. The van der Waals surface area contributed by atoms with Crippen molar-refractivity contribution in [1.82, 2.24) is 5.32 Å². The Bertz CT molecular complexity index is 819. The number of aliphatic imine (C=N–C) groups is 1. The van der Waals surface area contributed by atoms with Crippen LogP contribution in [0.2, 0.25) is 0 Å². The van der Waals surface area contributed by atoms with Crippen molar-refractivity contribution in [3.63, 3.8) is 0 Å². The van der Waals surface area contributed by atoms with E-state index in [1.807, 2.05) is 19.1 Å². The second-order valence-corrected chi connectivity index (χ2v) is 6.65. The van der Waals surface area contributed by atoms with Crippen LogP contribution >= 0.6 is 0 Å². The van der Waals surface area contributed by atoms with Crippen LogP contribution in [-0.2, 0) is 17.6 Å². The maximum atomic E-state index is 13.1. The number of benzene rings is 2. The molecule has 27 heavy (non-hydrogen) atoms. The lowest BCUT2D eigenvalue weighted by atomic mass is 9.99. The highest BCUT2D eigenvalue weighted by atomic mass is 19.1. The molecule has 1 aliphatic heterocycles. The highest BCUT2D eigenvalue weighted by Crippen LogP contribution is 2.27. The summed E-state index contributed by atoms with van der Waals surface area (Å²) in [5.41, 5.74) is 8.89. The molecule has 2 aromatic carbocycles. The monoisotopic (exact) mass is 368 g/mol. The Morgan fingerprint density at radius 3 is 2.70 bits per heavy atom. The average molecular weight is 368 g/mol. The van der Waals surface area contributed by atoms with Gasteiger partial charge in [-0.3, -0.25) is 9.79 Å². The lowest BCUT2D eigenvalue weighted by Crippen LogP contribution is -2.41. The summed E-state index contributed by atoms with van der Waals surface area (Å²) in [6.07, 6.45) is 1.41. The first-order valence-electron chi connectivity index (χ1n) is 9.26. The fourth-order valence-electron chi connectivity index (χ4n) is 3.31. The molecule has 1 aliphatic rings. The van der Waals surface area contributed by atoms with E-state index in [2.05, 4.69) is 27.3 Å². The molecule has 142 valence electrons. The minimum Gasteiger partial charge on any atom is -0.369 e. The maximum absolute atomic E-state index is 13.1. The quantitative estimate of drug-likeness (QED) is 0.608. The van der Waals surface area contributed by atoms with Gasteiger partial charge in [0.15, 0.2) is 5.96 Å². The van der Waals surface area contributed by atoms with Gasteiger partial charge in [-0.05, 0) is 49.1 Å². The molecule has 3 rings (SSSR count). The number of nitrogens with two attached hydrogens (primary N) is 1. The Morgan fingerprint density at radius 1 is 1.26 bits per heavy atom. The molecule has 1 heterocycles. The number of nitrogens with zero attached hydrogens (tertiary/aromatic N) is 2. The smallest absolute Gasteiger partial charge is 0.222 e. The molecule has 5 nitrogen and oxygen atoms in total. The van der Waals surface area contributed by atoms with Gasteiger partial charge >= 0.3 is 0 Å². The van der Waals surface area contributed by atoms with E-state index in [1.165, 1.54) is 17.7 Å². The number of amides is 1. The summed E-state index contributed by atoms with van der Waals surface area (Å²) in [7, 11) is 0. The van der Waals surface area contributed by atoms with Gasteiger partial charge < -0.3 is 16.0 Å². The van der Waals surface area contributed by atoms with Gasteiger partial charge in [0.05, 0.1) is 12.5 Å². The van der Waals surface area contributed by atoms with Gasteiger partial charge in [-0.15, -0.1) is 0 Å². The lowest BCUT2D eigenvalue weighted by molar-refractivity contribution is -0.121. The molecule has 0 radical (unpaired) electrons. The molecule has 3 N–H and O–H groups in total. The van der Waals surface area contributed by atoms with Crippen LogP contribution in [0, 0.1) is 11.7 Å². The zero-order valence-electron chi connectivity index (χ0n) is 15.5. The Morgan fingerprint density at radius 2 is 2.00 bits per heavy atom. The SMILES string of the molecule is CCNC(=NCC(Cc1ccc(F)cc1)C(N)=O)N1CCc2ccccc21. The first-order chi connectivity index (χ1) is 13.1. The van der Waals surface area contributed by atoms with Crippen LogP contribution in [-0.4, -0.2) is 31.5 Å². The molecule has 0 aliphatic carbocycles. The summed E-state index contributed by atoms with van der Waals surface area (Å²) in [5.74, 6) is -0.384. The third-order valence-corrected chi connectivity index (χ3v) is 4.74. The van der Waals surface area contributed by atoms with E-state index in [9.17, 15) is 9.18 Å². The molecule has 1 atom stereocenters. The predicted octanol–water partition coefficient (Wildman–Crippen LogP) is 2.50. The molecule has 0 bridgehead atoms. The zero-order valence-corrected chi connectivity index (χ0v) is 15.5. The molecule has 1 amide bonds. The third-order valence-electron chi connectivity index (χ3n) is 4.74. The van der Waals surface area contributed by atoms with Crippen molar-refractivity contribution in [1.29, 1.82) is 0 Å². The van der Waals surface area contributed by atoms with Crippen molar-refractivity contribution >= 4 is 17.6 Å². The number of carbonyl (C=O) groups is 1. The summed E-state index contributed by atoms with van der Waals surface area (Å²) in [6, 6.07) is 14.4. The minimum atomic E-state index is -0.443. The van der Waals surface area contributed by atoms with E-state index in [0.29, 0.717) is 6.42 Å². The van der Waals surface area contributed by atoms with Crippen LogP contribution in [0.15, 0.2) is 53.5 Å². The number of carbonyl (C=O) groups excluding carboxylic acids is 1. The molecule has 1 unspecified atom stereocenters. The van der Waals surface area contributed by atoms with Crippen LogP contribution < -0.4 is 16.0 Å². The van der Waals surface area contributed by atoms with Crippen LogP contribution in [0.3, 0.4) is 0 Å². The van der Waals surface area contributed by atoms with E-state index in [1.54, 1.807) is 12.1 Å². The summed E-state index contributed by atoms with van der Waals surface area (Å²) < 4.78 is 13.1. The summed E-state index contributed by atoms with van der Waals surface area (Å²) in [6.45, 7) is 3.89. The third kappa shape index (κ3) is 4.64. The number of rotatable bonds is 6. The van der Waals surface area contributed by atoms with Crippen molar-refractivity contribution in [2.24, 2.45) is 16.6 Å². The van der Waals surface area contributed by atoms with Gasteiger partial charge in [0.1, 0.15) is 5.82 Å². The van der Waals surface area contributed by atoms with E-state index in [0.717, 1.165) is 36.7 Å². The highest BCUT2D eigenvalue weighted by Gasteiger charge is 2.23. The van der Waals surface area contributed by atoms with Gasteiger partial charge in [0.25, 0.3) is 0 Å². The van der Waals surface area contributed by atoms with Gasteiger partial charge in [-0.25, -0.2) is 4.39 Å². The first-order valence-corrected chi connectivity index (χ1v) is 9.26. The van der Waals surface area contributed by atoms with E-state index in [4.69, 9.17) is 5.73 Å². The number of fused-ring (bicyclic) bond motifs is 1. The Labute approximate surface area is 159 Å². The van der Waals surface area contributed by atoms with Crippen molar-refractivity contribution in [3.8, 4) is 0 Å². The number of para-hydroxylation sites is 1. The van der Waals surface area contributed by atoms with Crippen molar-refractivity contribution < 1.29 is 9.18 Å². The lowest BCUT2D eigenvalue weighted by Gasteiger charge is -2.23. The fraction of sp³-hybridized carbons (Fsp3) is 0.333. The molecule has 0 fully saturated rings. The molecule has 6 heteroatoms. The van der Waals surface area contributed by atoms with E-state index in [-0.39, 0.29) is 12.4 Å². The molecule has 0 aromatic heterocycles. The number of halogens is 1. The van der Waals surface area contributed by atoms with Crippen LogP contribution in [0.1, 0.15) is 18.1 Å². The Balaban J connectivity index is 1.76. The summed E-state index contributed by atoms with van der Waals surface area (Å²) in [5, 5.41) is 3.31. The molecular weight excluding hydrogens is 343 g/mol. The second-order valence-electron chi connectivity index (χ2n) is 6.65. The molecule has 2 aromatic rings. The number of hydrogen-bond acceptors (Lipinski definition) is 2. The van der Waals surface area contributed by atoms with Gasteiger partial charge in [0, 0.05) is 18.8 Å². The largest absolute Gasteiger partial charge is 0.369 e. The topological polar surface area (TPSA) is 70.7 Å². The maximum Gasteiger partial charge on any atom is 0.222 e. The summed E-state index contributed by atoms with van der Waals surface area (Å²) in [4.78, 5) is 18.7. The number of guanidine groups is 1. The van der Waals surface area contributed by atoms with Crippen LogP contribution in [0.5, 0.6) is 0 Å². The first kappa shape index (κ1) is 18.9. The molecule has 0 spiro atoms. The summed E-state index contributed by atoms with van der Waals surface area (Å²) >= 11 is 0. The number of nitrogens with one attached hydrogen (secondary N) is 1. The highest BCUT2D eigenvalue weighted by molar-refractivity contribution is 5.98. The number of hydrogen-bond donors (Lipinski definition) is 2. The van der Waals surface area contributed by atoms with Crippen molar-refractivity contribution in [2.75, 3.05) is 24.5 Å². The molecule has 0 saturated heterocycles. The minimum absolute atomic E-state index is 0.285. The van der Waals surface area contributed by atoms with E-state index >= 15 is 0 Å². The van der Waals surface area contributed by atoms with Crippen molar-refractivity contribution in [3.05, 3.63) is 65.5 Å². The molecular formula is C21H25FN4O. The second kappa shape index (κ2) is 8.66. The standard InChI is InChI=1S/C21H25FN4O/c1-2-24-21(26-12-11-16-5-3-4-6-19(16)26)25-14-17(20(23)27)13-15-7-9-18(22)10-8-15/h3-10,17H,2,11-14H2,1H3,(H2,23,27)(H,24,25). The van der Waals surface area contributed by atoms with Gasteiger partial charge in [-0.1, -0.05) is 30.3 Å². The zero-order chi connectivity index (χ0) is 19.2. The van der Waals surface area contributed by atoms with Crippen LogP contribution in [0.25, 0.3) is 0 Å². The van der Waals surface area contributed by atoms with Crippen LogP contribution in [0.4, 0.5) is 10.1 Å². The number of anilines is 1. The van der Waals surface area contributed by atoms with Gasteiger partial charge in [0.2, 0.25) is 5.91 Å². The normalized spacial score (nSPS) is 14.7. The molecule has 0 saturated carbocycles. The van der Waals surface area contributed by atoms with E-state index < -0.39 is 11.8 Å².